The Labute approximate surface area is 199 Å². The molecule has 4 rings (SSSR count). The summed E-state index contributed by atoms with van der Waals surface area (Å²) in [7, 11) is 0. The van der Waals surface area contributed by atoms with Gasteiger partial charge in [0.2, 0.25) is 0 Å². The highest BCUT2D eigenvalue weighted by Crippen LogP contribution is 2.44. The topological polar surface area (TPSA) is 0 Å². The second kappa shape index (κ2) is 10.9. The van der Waals surface area contributed by atoms with Crippen LogP contribution in [-0.4, -0.2) is 0 Å². The number of benzene rings is 2. The molecule has 2 aromatic heterocycles. The van der Waals surface area contributed by atoms with Crippen molar-refractivity contribution >= 4 is 52.2 Å². The van der Waals surface area contributed by atoms with Crippen LogP contribution in [0.3, 0.4) is 0 Å². The maximum Gasteiger partial charge on any atom is 0.0542 e. The van der Waals surface area contributed by atoms with Crippen molar-refractivity contribution in [1.29, 1.82) is 0 Å². The van der Waals surface area contributed by atoms with Crippen molar-refractivity contribution in [3.05, 3.63) is 47.5 Å². The van der Waals surface area contributed by atoms with E-state index in [0.717, 1.165) is 36.8 Å². The van der Waals surface area contributed by atoms with Crippen LogP contribution in [0.2, 0.25) is 0 Å². The molecule has 0 spiro atoms. The van der Waals surface area contributed by atoms with Crippen molar-refractivity contribution in [3.63, 3.8) is 0 Å². The molecule has 2 aromatic carbocycles. The number of hydrogen-bond donors (Lipinski definition) is 0. The number of hydrogen-bond acceptors (Lipinski definition) is 2. The predicted octanol–water partition coefficient (Wildman–Crippen LogP) is 8.36. The van der Waals surface area contributed by atoms with Gasteiger partial charge in [-0.3, -0.25) is 0 Å². The van der Waals surface area contributed by atoms with Crippen LogP contribution in [0.25, 0.3) is 29.6 Å². The van der Waals surface area contributed by atoms with Gasteiger partial charge >= 0.3 is 0 Å². The van der Waals surface area contributed by atoms with E-state index in [1.54, 1.807) is 0 Å². The molecule has 0 unspecified atom stereocenters. The predicted molar refractivity (Wildman–Crippen MR) is 143 cm³/mol. The molecular weight excluding hydrogens is 424 g/mol. The molecular formula is C30H24S2. The lowest BCUT2D eigenvalue weighted by atomic mass is 10.1. The summed E-state index contributed by atoms with van der Waals surface area (Å²) in [5.41, 5.74) is 2.05. The SMILES string of the molecule is CCCCC#CC#Cc1ccc2c(c1)sc1c3ccc(C#CC#CCCCC)cc3sc21. The van der Waals surface area contributed by atoms with Crippen LogP contribution >= 0.6 is 22.7 Å². The van der Waals surface area contributed by atoms with Gasteiger partial charge in [-0.05, 0) is 60.8 Å². The molecule has 0 nitrogen and oxygen atoms in total. The Hall–Kier alpha value is -3.14. The molecule has 0 aliphatic carbocycles. The van der Waals surface area contributed by atoms with Gasteiger partial charge in [-0.15, -0.1) is 22.7 Å². The van der Waals surface area contributed by atoms with Crippen LogP contribution in [0.5, 0.6) is 0 Å². The zero-order valence-corrected chi connectivity index (χ0v) is 20.2. The molecule has 0 aliphatic heterocycles. The van der Waals surface area contributed by atoms with Crippen molar-refractivity contribution in [2.24, 2.45) is 0 Å². The van der Waals surface area contributed by atoms with E-state index in [2.05, 4.69) is 97.6 Å². The Morgan fingerprint density at radius 3 is 1.53 bits per heavy atom. The van der Waals surface area contributed by atoms with Crippen molar-refractivity contribution in [2.75, 3.05) is 0 Å². The van der Waals surface area contributed by atoms with E-state index in [1.807, 2.05) is 22.7 Å². The fraction of sp³-hybridized carbons (Fsp3) is 0.267. The molecule has 2 heterocycles. The minimum absolute atomic E-state index is 0.929. The summed E-state index contributed by atoms with van der Waals surface area (Å²) in [5, 5.41) is 2.61. The zero-order valence-electron chi connectivity index (χ0n) is 18.5. The molecule has 0 saturated carbocycles. The van der Waals surface area contributed by atoms with Gasteiger partial charge in [0.1, 0.15) is 0 Å². The average Bonchev–Trinajstić information content (AvgIpc) is 3.33. The summed E-state index contributed by atoms with van der Waals surface area (Å²) in [6, 6.07) is 13.0. The summed E-state index contributed by atoms with van der Waals surface area (Å²) < 4.78 is 5.27. The Kier molecular flexibility index (Phi) is 7.55. The Morgan fingerprint density at radius 2 is 1.09 bits per heavy atom. The molecule has 0 bridgehead atoms. The van der Waals surface area contributed by atoms with Gasteiger partial charge in [-0.1, -0.05) is 62.5 Å². The second-order valence-corrected chi connectivity index (χ2v) is 9.70. The first-order valence-corrected chi connectivity index (χ1v) is 12.8. The minimum atomic E-state index is 0.929. The van der Waals surface area contributed by atoms with E-state index in [0.29, 0.717) is 0 Å². The highest BCUT2D eigenvalue weighted by molar-refractivity contribution is 7.36. The standard InChI is InChI=1S/C30H24S2/c1-3-5-7-9-11-13-15-23-17-19-25-27(21-23)31-30-26-20-18-24(22-28(26)32-29(25)30)16-14-12-10-8-6-4-2/h17-22H,3-8H2,1-2H3. The third kappa shape index (κ3) is 5.18. The largest absolute Gasteiger partial charge is 0.134 e. The first-order valence-electron chi connectivity index (χ1n) is 11.2. The monoisotopic (exact) mass is 448 g/mol. The zero-order chi connectivity index (χ0) is 22.2. The van der Waals surface area contributed by atoms with Gasteiger partial charge in [-0.2, -0.15) is 0 Å². The van der Waals surface area contributed by atoms with Crippen LogP contribution in [0, 0.1) is 47.4 Å². The van der Waals surface area contributed by atoms with E-state index in [4.69, 9.17) is 0 Å². The third-order valence-electron chi connectivity index (χ3n) is 5.11. The Balaban J connectivity index is 1.59. The summed E-state index contributed by atoms with van der Waals surface area (Å²) in [4.78, 5) is 0. The number of unbranched alkanes of at least 4 members (excludes halogenated alkanes) is 4. The van der Waals surface area contributed by atoms with Gasteiger partial charge in [0.25, 0.3) is 0 Å². The van der Waals surface area contributed by atoms with E-state index >= 15 is 0 Å². The lowest BCUT2D eigenvalue weighted by molar-refractivity contribution is 0.828. The van der Waals surface area contributed by atoms with Crippen LogP contribution < -0.4 is 0 Å². The van der Waals surface area contributed by atoms with E-state index < -0.39 is 0 Å². The maximum atomic E-state index is 3.19. The quantitative estimate of drug-likeness (QED) is 0.217. The molecule has 0 radical (unpaired) electrons. The smallest absolute Gasteiger partial charge is 0.0542 e. The van der Waals surface area contributed by atoms with Gasteiger partial charge in [0, 0.05) is 44.1 Å². The van der Waals surface area contributed by atoms with Crippen molar-refractivity contribution in [3.8, 4) is 47.4 Å². The van der Waals surface area contributed by atoms with Crippen LogP contribution in [0.1, 0.15) is 63.5 Å². The molecule has 32 heavy (non-hydrogen) atoms. The van der Waals surface area contributed by atoms with E-state index in [-0.39, 0.29) is 0 Å². The average molecular weight is 449 g/mol. The van der Waals surface area contributed by atoms with Gasteiger partial charge in [0.05, 0.1) is 9.40 Å². The van der Waals surface area contributed by atoms with E-state index in [1.165, 1.54) is 42.4 Å². The van der Waals surface area contributed by atoms with E-state index in [9.17, 15) is 0 Å². The molecule has 0 aliphatic rings. The molecule has 0 atom stereocenters. The summed E-state index contributed by atoms with van der Waals surface area (Å²) in [6.45, 7) is 4.35. The maximum absolute atomic E-state index is 3.19. The lowest BCUT2D eigenvalue weighted by Crippen LogP contribution is -1.73. The van der Waals surface area contributed by atoms with Crippen LogP contribution in [0.4, 0.5) is 0 Å². The molecule has 156 valence electrons. The molecule has 0 amide bonds. The molecule has 0 saturated heterocycles. The normalized spacial score (nSPS) is 9.94. The first-order chi connectivity index (χ1) is 15.8. The number of fused-ring (bicyclic) bond motifs is 5. The van der Waals surface area contributed by atoms with Crippen LogP contribution in [-0.2, 0) is 0 Å². The highest BCUT2D eigenvalue weighted by atomic mass is 32.1. The summed E-state index contributed by atoms with van der Waals surface area (Å²) >= 11 is 3.69. The molecule has 0 fully saturated rings. The first kappa shape index (κ1) is 22.1. The lowest BCUT2D eigenvalue weighted by Gasteiger charge is -1.93. The number of thiophene rings is 2. The summed E-state index contributed by atoms with van der Waals surface area (Å²) in [6.07, 6.45) is 6.48. The number of rotatable bonds is 4. The Morgan fingerprint density at radius 1 is 0.625 bits per heavy atom. The molecule has 0 N–H and O–H groups in total. The van der Waals surface area contributed by atoms with Crippen LogP contribution in [0.15, 0.2) is 36.4 Å². The minimum Gasteiger partial charge on any atom is -0.134 e. The fourth-order valence-electron chi connectivity index (χ4n) is 3.36. The van der Waals surface area contributed by atoms with Crippen molar-refractivity contribution in [2.45, 2.75) is 52.4 Å². The molecule has 2 heteroatoms. The van der Waals surface area contributed by atoms with Gasteiger partial charge in [0.15, 0.2) is 0 Å². The fourth-order valence-corrected chi connectivity index (χ4v) is 6.09. The summed E-state index contributed by atoms with van der Waals surface area (Å²) in [5.74, 6) is 24.6. The highest BCUT2D eigenvalue weighted by Gasteiger charge is 2.12. The third-order valence-corrected chi connectivity index (χ3v) is 7.61. The second-order valence-electron chi connectivity index (χ2n) is 7.59. The Bertz CT molecular complexity index is 1400. The van der Waals surface area contributed by atoms with Crippen molar-refractivity contribution < 1.29 is 0 Å². The molecule has 4 aromatic rings. The van der Waals surface area contributed by atoms with Crippen molar-refractivity contribution in [1.82, 2.24) is 0 Å². The van der Waals surface area contributed by atoms with Gasteiger partial charge < -0.3 is 0 Å². The van der Waals surface area contributed by atoms with Gasteiger partial charge in [-0.25, -0.2) is 0 Å².